The lowest BCUT2D eigenvalue weighted by molar-refractivity contribution is -0.116. The first-order chi connectivity index (χ1) is 16.0. The van der Waals surface area contributed by atoms with E-state index in [2.05, 4.69) is 10.3 Å². The number of hydrogen-bond donors (Lipinski definition) is 1. The van der Waals surface area contributed by atoms with Gasteiger partial charge in [-0.3, -0.25) is 14.2 Å². The fourth-order valence-electron chi connectivity index (χ4n) is 3.41. The second-order valence-electron chi connectivity index (χ2n) is 7.40. The van der Waals surface area contributed by atoms with Crippen LogP contribution in [0.4, 0.5) is 5.69 Å². The number of aromatic nitrogens is 2. The van der Waals surface area contributed by atoms with Gasteiger partial charge in [0.25, 0.3) is 5.56 Å². The average molecular weight is 445 g/mol. The normalized spacial score (nSPS) is 10.8. The molecule has 0 atom stereocenters. The number of benzene rings is 2. The van der Waals surface area contributed by atoms with E-state index in [0.717, 1.165) is 16.7 Å². The van der Waals surface area contributed by atoms with Crippen LogP contribution in [0.3, 0.4) is 0 Å². The summed E-state index contributed by atoms with van der Waals surface area (Å²) in [5.74, 6) is 0.430. The summed E-state index contributed by atoms with van der Waals surface area (Å²) < 4.78 is 12.1. The summed E-state index contributed by atoms with van der Waals surface area (Å²) in [6, 6.07) is 17.5. The topological polar surface area (TPSA) is 103 Å². The molecule has 0 bridgehead atoms. The zero-order chi connectivity index (χ0) is 23.2. The smallest absolute Gasteiger partial charge is 0.360 e. The minimum Gasteiger partial charge on any atom is -0.494 e. The molecule has 168 valence electrons. The number of carbonyl (C=O) groups excluding carboxylic acids is 1. The Morgan fingerprint density at radius 1 is 1.09 bits per heavy atom. The van der Waals surface area contributed by atoms with Gasteiger partial charge in [-0.25, -0.2) is 9.78 Å². The van der Waals surface area contributed by atoms with E-state index < -0.39 is 5.63 Å². The summed E-state index contributed by atoms with van der Waals surface area (Å²) in [5, 5.41) is 3.31. The van der Waals surface area contributed by atoms with Crippen LogP contribution in [0.5, 0.6) is 5.75 Å². The molecule has 33 heavy (non-hydrogen) atoms. The van der Waals surface area contributed by atoms with Crippen LogP contribution in [0.2, 0.25) is 0 Å². The summed E-state index contributed by atoms with van der Waals surface area (Å²) in [7, 11) is 0. The molecule has 1 amide bonds. The Morgan fingerprint density at radius 3 is 2.64 bits per heavy atom. The third kappa shape index (κ3) is 5.35. The molecule has 2 aromatic heterocycles. The van der Waals surface area contributed by atoms with E-state index in [0.29, 0.717) is 30.8 Å². The van der Waals surface area contributed by atoms with Crippen molar-refractivity contribution in [3.05, 3.63) is 87.8 Å². The fourth-order valence-corrected chi connectivity index (χ4v) is 3.41. The van der Waals surface area contributed by atoms with Crippen LogP contribution in [0.25, 0.3) is 22.2 Å². The minimum atomic E-state index is -0.604. The first-order valence-electron chi connectivity index (χ1n) is 10.7. The number of hydrogen-bond acceptors (Lipinski definition) is 6. The van der Waals surface area contributed by atoms with Crippen LogP contribution in [0.15, 0.2) is 81.0 Å². The molecule has 0 saturated heterocycles. The zero-order valence-corrected chi connectivity index (χ0v) is 18.1. The van der Waals surface area contributed by atoms with E-state index >= 15 is 0 Å². The molecule has 0 saturated carbocycles. The second-order valence-corrected chi connectivity index (χ2v) is 7.40. The predicted molar refractivity (Wildman–Crippen MR) is 125 cm³/mol. The molecule has 8 nitrogen and oxygen atoms in total. The van der Waals surface area contributed by atoms with Crippen LogP contribution in [0, 0.1) is 0 Å². The van der Waals surface area contributed by atoms with Gasteiger partial charge < -0.3 is 14.5 Å². The second kappa shape index (κ2) is 9.95. The Hall–Kier alpha value is -4.20. The maximum absolute atomic E-state index is 12.5. The molecule has 4 rings (SSSR count). The summed E-state index contributed by atoms with van der Waals surface area (Å²) in [5.41, 5.74) is 1.13. The van der Waals surface area contributed by atoms with Gasteiger partial charge >= 0.3 is 5.63 Å². The highest BCUT2D eigenvalue weighted by atomic mass is 16.5. The number of para-hydroxylation sites is 1. The fraction of sp³-hybridized carbons (Fsp3) is 0.200. The van der Waals surface area contributed by atoms with Crippen molar-refractivity contribution in [3.8, 4) is 17.0 Å². The highest BCUT2D eigenvalue weighted by Gasteiger charge is 2.10. The lowest BCUT2D eigenvalue weighted by Crippen LogP contribution is -2.22. The number of nitrogens with zero attached hydrogens (tertiary/aromatic N) is 2. The van der Waals surface area contributed by atoms with E-state index in [1.807, 2.05) is 37.3 Å². The van der Waals surface area contributed by atoms with Crippen molar-refractivity contribution < 1.29 is 13.9 Å². The van der Waals surface area contributed by atoms with Crippen LogP contribution in [0.1, 0.15) is 19.8 Å². The first kappa shape index (κ1) is 22.0. The van der Waals surface area contributed by atoms with Crippen molar-refractivity contribution in [3.63, 3.8) is 0 Å². The predicted octanol–water partition coefficient (Wildman–Crippen LogP) is 3.83. The maximum Gasteiger partial charge on any atom is 0.360 e. The van der Waals surface area contributed by atoms with Gasteiger partial charge in [-0.05, 0) is 49.7 Å². The lowest BCUT2D eigenvalue weighted by atomic mass is 10.1. The number of ether oxygens (including phenoxy) is 1. The summed E-state index contributed by atoms with van der Waals surface area (Å²) in [6.07, 6.45) is 2.03. The first-order valence-corrected chi connectivity index (χ1v) is 10.7. The number of aryl methyl sites for hydroxylation is 1. The molecular weight excluding hydrogens is 422 g/mol. The van der Waals surface area contributed by atoms with Gasteiger partial charge in [-0.1, -0.05) is 18.2 Å². The van der Waals surface area contributed by atoms with Crippen LogP contribution in [-0.2, 0) is 11.3 Å². The number of fused-ring (bicyclic) bond motifs is 1. The van der Waals surface area contributed by atoms with Gasteiger partial charge in [0.15, 0.2) is 0 Å². The molecule has 0 aliphatic heterocycles. The monoisotopic (exact) mass is 445 g/mol. The highest BCUT2D eigenvalue weighted by molar-refractivity contribution is 5.92. The number of carbonyl (C=O) groups is 1. The molecule has 2 aromatic carbocycles. The number of nitrogens with one attached hydrogen (secondary N) is 1. The molecular formula is C25H23N3O5. The van der Waals surface area contributed by atoms with E-state index in [1.165, 1.54) is 17.0 Å². The van der Waals surface area contributed by atoms with E-state index in [4.69, 9.17) is 9.15 Å². The zero-order valence-electron chi connectivity index (χ0n) is 18.1. The molecule has 1 N–H and O–H groups in total. The van der Waals surface area contributed by atoms with Crippen molar-refractivity contribution in [2.45, 2.75) is 26.3 Å². The van der Waals surface area contributed by atoms with Crippen LogP contribution in [-0.4, -0.2) is 22.1 Å². The molecule has 0 fully saturated rings. The van der Waals surface area contributed by atoms with Gasteiger partial charge in [0.2, 0.25) is 5.91 Å². The Bertz CT molecular complexity index is 1390. The standard InChI is InChI=1S/C25H23N3O5/c1-2-32-19-11-9-17(10-12-19)20-15-24(30)28(16-26-20)13-5-8-23(29)27-21-14-18-6-3-4-7-22(18)33-25(21)31/h3-4,6-7,9-12,14-16H,2,5,8,13H2,1H3,(H,27,29). The summed E-state index contributed by atoms with van der Waals surface area (Å²) in [4.78, 5) is 41.2. The minimum absolute atomic E-state index is 0.0947. The SMILES string of the molecule is CCOc1ccc(-c2cc(=O)n(CCCC(=O)Nc3cc4ccccc4oc3=O)cn2)cc1. The number of amides is 1. The van der Waals surface area contributed by atoms with Gasteiger partial charge in [0.1, 0.15) is 17.0 Å². The lowest BCUT2D eigenvalue weighted by Gasteiger charge is -2.08. The molecule has 0 radical (unpaired) electrons. The van der Waals surface area contributed by atoms with Crippen molar-refractivity contribution in [2.24, 2.45) is 0 Å². The summed E-state index contributed by atoms with van der Waals surface area (Å²) in [6.45, 7) is 2.83. The van der Waals surface area contributed by atoms with E-state index in [1.54, 1.807) is 24.3 Å². The average Bonchev–Trinajstić information content (AvgIpc) is 2.81. The van der Waals surface area contributed by atoms with Gasteiger partial charge in [-0.15, -0.1) is 0 Å². The number of rotatable bonds is 8. The van der Waals surface area contributed by atoms with Crippen LogP contribution >= 0.6 is 0 Å². The largest absolute Gasteiger partial charge is 0.494 e. The van der Waals surface area contributed by atoms with Crippen molar-refractivity contribution in [1.29, 1.82) is 0 Å². The van der Waals surface area contributed by atoms with Crippen molar-refractivity contribution in [2.75, 3.05) is 11.9 Å². The molecule has 0 aliphatic carbocycles. The van der Waals surface area contributed by atoms with Crippen molar-refractivity contribution >= 4 is 22.6 Å². The molecule has 0 spiro atoms. The van der Waals surface area contributed by atoms with E-state index in [-0.39, 0.29) is 23.6 Å². The summed E-state index contributed by atoms with van der Waals surface area (Å²) >= 11 is 0. The Kier molecular flexibility index (Phi) is 6.64. The molecule has 4 aromatic rings. The maximum atomic E-state index is 12.5. The molecule has 0 aliphatic rings. The van der Waals surface area contributed by atoms with Gasteiger partial charge in [0, 0.05) is 30.0 Å². The van der Waals surface area contributed by atoms with Crippen LogP contribution < -0.4 is 21.2 Å². The molecule has 2 heterocycles. The third-order valence-corrected chi connectivity index (χ3v) is 5.06. The Labute approximate surface area is 189 Å². The van der Waals surface area contributed by atoms with Gasteiger partial charge in [0.05, 0.1) is 18.6 Å². The number of anilines is 1. The highest BCUT2D eigenvalue weighted by Crippen LogP contribution is 2.19. The van der Waals surface area contributed by atoms with E-state index in [9.17, 15) is 14.4 Å². The Morgan fingerprint density at radius 2 is 1.88 bits per heavy atom. The molecule has 8 heteroatoms. The third-order valence-electron chi connectivity index (χ3n) is 5.06. The Balaban J connectivity index is 1.35. The quantitative estimate of drug-likeness (QED) is 0.414. The molecule has 0 unspecified atom stereocenters. The van der Waals surface area contributed by atoms with Crippen molar-refractivity contribution in [1.82, 2.24) is 9.55 Å². The van der Waals surface area contributed by atoms with Gasteiger partial charge in [-0.2, -0.15) is 0 Å².